The molecule has 0 atom stereocenters. The highest BCUT2D eigenvalue weighted by atomic mass is 32.2. The second-order valence-corrected chi connectivity index (χ2v) is 19.1. The van der Waals surface area contributed by atoms with Gasteiger partial charge in [-0.3, -0.25) is 8.57 Å². The molecule has 0 heterocycles. The Balaban J connectivity index is 1.33. The van der Waals surface area contributed by atoms with E-state index in [0.717, 1.165) is 47.5 Å². The summed E-state index contributed by atoms with van der Waals surface area (Å²) < 4.78 is 138. The number of ether oxygens (including phenoxy) is 2. The van der Waals surface area contributed by atoms with Crippen LogP contribution >= 0.6 is 0 Å². The van der Waals surface area contributed by atoms with E-state index in [1.54, 1.807) is 74.5 Å². The maximum absolute atomic E-state index is 13.6. The van der Waals surface area contributed by atoms with Crippen molar-refractivity contribution in [3.63, 3.8) is 0 Å². The Bertz CT molecular complexity index is 2880. The summed E-state index contributed by atoms with van der Waals surface area (Å²) in [5, 5.41) is 7.88. The van der Waals surface area contributed by atoms with Crippen LogP contribution in [0.15, 0.2) is 175 Å². The lowest BCUT2D eigenvalue weighted by Crippen LogP contribution is -2.20. The minimum atomic E-state index is -4.82. The average Bonchev–Trinajstić information content (AvgIpc) is 3.25. The third-order valence-electron chi connectivity index (χ3n) is 8.64. The number of rotatable bonds is 17. The topological polar surface area (TPSA) is 217 Å². The van der Waals surface area contributed by atoms with Gasteiger partial charge in [-0.2, -0.15) is 33.7 Å². The summed E-state index contributed by atoms with van der Waals surface area (Å²) in [6, 6.07) is 33.7. The van der Waals surface area contributed by atoms with Gasteiger partial charge in [0.2, 0.25) is 0 Å². The highest BCUT2D eigenvalue weighted by Crippen LogP contribution is 2.34. The summed E-state index contributed by atoms with van der Waals surface area (Å²) in [7, 11) is -16.0. The van der Waals surface area contributed by atoms with E-state index in [1.165, 1.54) is 62.8 Å². The van der Waals surface area contributed by atoms with Crippen LogP contribution in [-0.4, -0.2) is 59.3 Å². The van der Waals surface area contributed by atoms with Crippen molar-refractivity contribution in [2.75, 3.05) is 14.2 Å². The van der Waals surface area contributed by atoms with Crippen LogP contribution < -0.4 is 17.8 Å². The van der Waals surface area contributed by atoms with E-state index < -0.39 is 50.3 Å². The van der Waals surface area contributed by atoms with Crippen molar-refractivity contribution >= 4 is 51.9 Å². The minimum Gasteiger partial charge on any atom is -0.493 e. The van der Waals surface area contributed by atoms with E-state index in [2.05, 4.69) is 10.3 Å². The van der Waals surface area contributed by atoms with E-state index >= 15 is 0 Å². The molecule has 6 rings (SSSR count). The molecule has 6 aromatic rings. The van der Waals surface area contributed by atoms with Gasteiger partial charge in [0.1, 0.15) is 31.0 Å². The van der Waals surface area contributed by atoms with Gasteiger partial charge in [0.15, 0.2) is 23.0 Å². The number of aryl methyl sites for hydroxylation is 2. The van der Waals surface area contributed by atoms with Gasteiger partial charge in [0, 0.05) is 23.3 Å². The van der Waals surface area contributed by atoms with Crippen molar-refractivity contribution in [3.8, 4) is 23.0 Å². The molecule has 0 radical (unpaired) electrons. The third-order valence-corrected chi connectivity index (χ3v) is 13.3. The fourth-order valence-corrected chi connectivity index (χ4v) is 8.77. The van der Waals surface area contributed by atoms with Gasteiger partial charge in [0.25, 0.3) is 0 Å². The van der Waals surface area contributed by atoms with Crippen molar-refractivity contribution in [2.24, 2.45) is 10.3 Å². The summed E-state index contributed by atoms with van der Waals surface area (Å²) >= 11 is 0. The van der Waals surface area contributed by atoms with Crippen molar-refractivity contribution in [2.45, 2.75) is 33.4 Å². The van der Waals surface area contributed by atoms with Crippen molar-refractivity contribution in [3.05, 3.63) is 168 Å². The Kier molecular flexibility index (Phi) is 13.4. The molecule has 0 aromatic heterocycles. The quantitative estimate of drug-likeness (QED) is 0.0524. The largest absolute Gasteiger partial charge is 0.493 e. The van der Waals surface area contributed by atoms with Crippen LogP contribution in [0.4, 0.5) is 0 Å². The average molecular weight is 921 g/mol. The maximum atomic E-state index is 13.6. The molecule has 0 fully saturated rings. The van der Waals surface area contributed by atoms with E-state index in [1.807, 2.05) is 0 Å². The molecule has 0 N–H and O–H groups in total. The number of hydrogen-bond acceptors (Lipinski definition) is 16. The van der Waals surface area contributed by atoms with Crippen LogP contribution in [0.3, 0.4) is 0 Å². The number of hydrogen-bond donors (Lipinski definition) is 0. The van der Waals surface area contributed by atoms with Crippen molar-refractivity contribution in [1.82, 2.24) is 0 Å². The van der Waals surface area contributed by atoms with Crippen LogP contribution in [0.1, 0.15) is 22.3 Å². The van der Waals surface area contributed by atoms with Gasteiger partial charge in [-0.25, -0.2) is 0 Å². The van der Waals surface area contributed by atoms with Crippen LogP contribution in [0, 0.1) is 13.8 Å². The molecule has 62 heavy (non-hydrogen) atoms. The summed E-state index contributed by atoms with van der Waals surface area (Å²) in [4.78, 5) is -1.32. The Morgan fingerprint density at radius 3 is 1.03 bits per heavy atom. The highest BCUT2D eigenvalue weighted by molar-refractivity contribution is 7.87. The van der Waals surface area contributed by atoms with Crippen molar-refractivity contribution < 1.29 is 60.1 Å². The van der Waals surface area contributed by atoms with E-state index in [9.17, 15) is 33.7 Å². The Hall–Kier alpha value is -6.74. The molecule has 0 spiro atoms. The zero-order valence-corrected chi connectivity index (χ0v) is 36.4. The molecule has 6 aromatic carbocycles. The lowest BCUT2D eigenvalue weighted by molar-refractivity contribution is 0.334. The Morgan fingerprint density at radius 1 is 0.387 bits per heavy atom. The monoisotopic (exact) mass is 920 g/mol. The van der Waals surface area contributed by atoms with Crippen LogP contribution in [-0.2, 0) is 49.0 Å². The van der Waals surface area contributed by atoms with Gasteiger partial charge < -0.3 is 17.8 Å². The smallest absolute Gasteiger partial charge is 0.358 e. The van der Waals surface area contributed by atoms with Gasteiger partial charge in [-0.1, -0.05) is 106 Å². The highest BCUT2D eigenvalue weighted by Gasteiger charge is 2.27. The normalized spacial score (nSPS) is 12.6. The van der Waals surface area contributed by atoms with Crippen LogP contribution in [0.2, 0.25) is 0 Å². The zero-order chi connectivity index (χ0) is 44.7. The van der Waals surface area contributed by atoms with Crippen LogP contribution in [0.25, 0.3) is 0 Å². The summed E-state index contributed by atoms with van der Waals surface area (Å²) in [5.74, 6) is -1.17. The molecular weight excluding hydrogens is 885 g/mol. The summed E-state index contributed by atoms with van der Waals surface area (Å²) in [6.07, 6.45) is 0. The van der Waals surface area contributed by atoms with Gasteiger partial charge in [-0.05, 0) is 62.4 Å². The molecule has 322 valence electrons. The molecule has 0 amide bonds. The molecule has 0 bridgehead atoms. The second-order valence-electron chi connectivity index (χ2n) is 13.0. The predicted molar refractivity (Wildman–Crippen MR) is 226 cm³/mol. The molecule has 20 heteroatoms. The SMILES string of the molecule is COc1cc(S(=O)(=O)O/N=C(/C(=N/OS(=O)(=O)c2ccc(OS(=O)(=O)c3ccc(C)cc3)c(OC)c2)c2ccccc2)c2ccccc2)ccc1OS(=O)(=O)c1ccc(C)cc1. The van der Waals surface area contributed by atoms with Gasteiger partial charge in [0.05, 0.1) is 14.2 Å². The fraction of sp³-hybridized carbons (Fsp3) is 0.0952. The lowest BCUT2D eigenvalue weighted by Gasteiger charge is -2.13. The number of methoxy groups -OCH3 is 2. The minimum absolute atomic E-state index is 0.143. The summed E-state index contributed by atoms with van der Waals surface area (Å²) in [6.45, 7) is 3.57. The molecule has 16 nitrogen and oxygen atoms in total. The summed E-state index contributed by atoms with van der Waals surface area (Å²) in [5.41, 5.74) is 1.47. The Morgan fingerprint density at radius 2 is 0.710 bits per heavy atom. The first-order chi connectivity index (χ1) is 29.4. The molecule has 0 saturated heterocycles. The van der Waals surface area contributed by atoms with Gasteiger partial charge in [-0.15, -0.1) is 0 Å². The molecule has 0 aliphatic carbocycles. The molecule has 0 saturated carbocycles. The molecule has 0 aliphatic heterocycles. The maximum Gasteiger partial charge on any atom is 0.358 e. The zero-order valence-electron chi connectivity index (χ0n) is 33.1. The Labute approximate surface area is 359 Å². The van der Waals surface area contributed by atoms with Crippen molar-refractivity contribution in [1.29, 1.82) is 0 Å². The van der Waals surface area contributed by atoms with Crippen LogP contribution in [0.5, 0.6) is 23.0 Å². The number of oxime groups is 2. The first kappa shape index (κ1) is 44.8. The number of benzene rings is 6. The fourth-order valence-electron chi connectivity index (χ4n) is 5.40. The predicted octanol–water partition coefficient (Wildman–Crippen LogP) is 6.78. The second kappa shape index (κ2) is 18.5. The van der Waals surface area contributed by atoms with E-state index in [-0.39, 0.29) is 55.3 Å². The third kappa shape index (κ3) is 10.6. The number of nitrogens with zero attached hydrogens (tertiary/aromatic N) is 2. The molecule has 0 unspecified atom stereocenters. The molecule has 0 aliphatic rings. The molecular formula is C42H36N2O14S4. The standard InChI is InChI=1S/C42H36N2O14S4/c1-29-15-19-33(20-16-29)59(45,46)55-37-25-23-35(27-39(37)53-3)61(49,50)57-43-41(31-11-7-5-8-12-31)42(32-13-9-6-10-14-32)44-58-62(51,52)36-24-26-38(40(28-36)54-4)56-60(47,48)34-21-17-30(2)18-22-34/h5-28H,1-4H3/b43-41+,44-42+. The first-order valence-corrected chi connectivity index (χ1v) is 23.6. The van der Waals surface area contributed by atoms with Gasteiger partial charge >= 0.3 is 40.5 Å². The lowest BCUT2D eigenvalue weighted by atomic mass is 10.0. The first-order valence-electron chi connectivity index (χ1n) is 18.0. The van der Waals surface area contributed by atoms with E-state index in [0.29, 0.717) is 0 Å². The van der Waals surface area contributed by atoms with E-state index in [4.69, 9.17) is 26.4 Å².